The molecule has 7 nitrogen and oxygen atoms in total. The summed E-state index contributed by atoms with van der Waals surface area (Å²) in [4.78, 5) is 28.8. The third kappa shape index (κ3) is 4.25. The van der Waals surface area contributed by atoms with Gasteiger partial charge in [-0.3, -0.25) is 9.59 Å². The zero-order chi connectivity index (χ0) is 20.4. The van der Waals surface area contributed by atoms with Crippen molar-refractivity contribution < 1.29 is 23.8 Å². The van der Waals surface area contributed by atoms with Gasteiger partial charge in [-0.05, 0) is 42.0 Å². The van der Waals surface area contributed by atoms with E-state index in [9.17, 15) is 9.59 Å². The van der Waals surface area contributed by atoms with Crippen molar-refractivity contribution in [3.63, 3.8) is 0 Å². The van der Waals surface area contributed by atoms with E-state index in [1.165, 1.54) is 24.5 Å². The highest BCUT2D eigenvalue weighted by Crippen LogP contribution is 2.32. The molecule has 2 heterocycles. The summed E-state index contributed by atoms with van der Waals surface area (Å²) in [6.45, 7) is 0.162. The van der Waals surface area contributed by atoms with Crippen molar-refractivity contribution in [3.8, 4) is 11.5 Å². The molecular formula is C20H15BrN2O5S. The molecule has 0 N–H and O–H groups in total. The number of ether oxygens (including phenoxy) is 3. The van der Waals surface area contributed by atoms with Crippen LogP contribution < -0.4 is 14.3 Å². The molecule has 1 amide bonds. The van der Waals surface area contributed by atoms with Crippen LogP contribution in [-0.2, 0) is 20.9 Å². The number of esters is 1. The quantitative estimate of drug-likeness (QED) is 0.427. The van der Waals surface area contributed by atoms with Gasteiger partial charge < -0.3 is 18.8 Å². The molecule has 2 aromatic carbocycles. The number of thiazole rings is 1. The molecule has 148 valence electrons. The summed E-state index contributed by atoms with van der Waals surface area (Å²) in [6.07, 6.45) is 3.03. The van der Waals surface area contributed by atoms with E-state index in [1.807, 2.05) is 24.3 Å². The van der Waals surface area contributed by atoms with Crippen LogP contribution in [0.2, 0.25) is 0 Å². The fourth-order valence-electron chi connectivity index (χ4n) is 2.79. The highest BCUT2D eigenvalue weighted by molar-refractivity contribution is 9.10. The molecule has 0 unspecified atom stereocenters. The Morgan fingerprint density at radius 3 is 2.90 bits per heavy atom. The summed E-state index contributed by atoms with van der Waals surface area (Å²) in [5.74, 6) is 0.463. The Bertz CT molecular complexity index is 1210. The predicted molar refractivity (Wildman–Crippen MR) is 112 cm³/mol. The second kappa shape index (κ2) is 8.22. The SMILES string of the molecule is COC(=O)Cn1c(=NC(=O)C=Cc2ccc3c(c2)OCO3)sc2cc(Br)ccc21. The third-order valence-corrected chi connectivity index (χ3v) is 5.71. The van der Waals surface area contributed by atoms with Gasteiger partial charge >= 0.3 is 5.97 Å². The number of hydrogen-bond donors (Lipinski definition) is 0. The lowest BCUT2D eigenvalue weighted by atomic mass is 10.2. The van der Waals surface area contributed by atoms with E-state index >= 15 is 0 Å². The summed E-state index contributed by atoms with van der Waals surface area (Å²) >= 11 is 4.76. The normalized spacial score (nSPS) is 13.4. The molecule has 29 heavy (non-hydrogen) atoms. The number of methoxy groups -OCH3 is 1. The lowest BCUT2D eigenvalue weighted by Crippen LogP contribution is -2.22. The first-order valence-electron chi connectivity index (χ1n) is 8.55. The van der Waals surface area contributed by atoms with Gasteiger partial charge in [-0.1, -0.05) is 33.3 Å². The van der Waals surface area contributed by atoms with Gasteiger partial charge in [0.1, 0.15) is 6.54 Å². The smallest absolute Gasteiger partial charge is 0.325 e. The van der Waals surface area contributed by atoms with Gasteiger partial charge in [0.05, 0.1) is 17.3 Å². The van der Waals surface area contributed by atoms with Crippen LogP contribution in [0.15, 0.2) is 51.9 Å². The van der Waals surface area contributed by atoms with Crippen molar-refractivity contribution in [2.75, 3.05) is 13.9 Å². The molecule has 9 heteroatoms. The summed E-state index contributed by atoms with van der Waals surface area (Å²) in [7, 11) is 1.32. The Labute approximate surface area is 178 Å². The van der Waals surface area contributed by atoms with E-state index in [4.69, 9.17) is 14.2 Å². The highest BCUT2D eigenvalue weighted by Gasteiger charge is 2.13. The lowest BCUT2D eigenvalue weighted by Gasteiger charge is -2.03. The van der Waals surface area contributed by atoms with Crippen molar-refractivity contribution in [2.24, 2.45) is 4.99 Å². The second-order valence-corrected chi connectivity index (χ2v) is 7.98. The van der Waals surface area contributed by atoms with Gasteiger partial charge in [0.15, 0.2) is 16.3 Å². The van der Waals surface area contributed by atoms with Gasteiger partial charge in [0.2, 0.25) is 6.79 Å². The van der Waals surface area contributed by atoms with E-state index in [0.717, 1.165) is 20.3 Å². The molecule has 0 radical (unpaired) electrons. The molecule has 0 saturated heterocycles. The van der Waals surface area contributed by atoms with E-state index in [-0.39, 0.29) is 13.3 Å². The molecule has 3 aromatic rings. The average Bonchev–Trinajstić information content (AvgIpc) is 3.30. The average molecular weight is 475 g/mol. The maximum absolute atomic E-state index is 12.4. The van der Waals surface area contributed by atoms with Crippen molar-refractivity contribution in [1.29, 1.82) is 0 Å². The van der Waals surface area contributed by atoms with Crippen LogP contribution >= 0.6 is 27.3 Å². The Morgan fingerprint density at radius 1 is 1.24 bits per heavy atom. The van der Waals surface area contributed by atoms with E-state index in [0.29, 0.717) is 16.3 Å². The first kappa shape index (κ1) is 19.4. The van der Waals surface area contributed by atoms with Crippen LogP contribution in [0.1, 0.15) is 5.56 Å². The summed E-state index contributed by atoms with van der Waals surface area (Å²) in [5.41, 5.74) is 1.59. The molecule has 4 rings (SSSR count). The van der Waals surface area contributed by atoms with Crippen LogP contribution in [0.5, 0.6) is 11.5 Å². The number of fused-ring (bicyclic) bond motifs is 2. The molecule has 0 bridgehead atoms. The Morgan fingerprint density at radius 2 is 2.07 bits per heavy atom. The maximum atomic E-state index is 12.4. The molecule has 1 aliphatic heterocycles. The monoisotopic (exact) mass is 474 g/mol. The Hall–Kier alpha value is -2.91. The molecule has 0 fully saturated rings. The van der Waals surface area contributed by atoms with Gasteiger partial charge in [-0.25, -0.2) is 0 Å². The van der Waals surface area contributed by atoms with Crippen molar-refractivity contribution >= 4 is 55.4 Å². The van der Waals surface area contributed by atoms with Gasteiger partial charge in [0.25, 0.3) is 5.91 Å². The first-order valence-corrected chi connectivity index (χ1v) is 10.2. The number of carbonyl (C=O) groups excluding carboxylic acids is 2. The zero-order valence-corrected chi connectivity index (χ0v) is 17.7. The van der Waals surface area contributed by atoms with Crippen LogP contribution in [0.25, 0.3) is 16.3 Å². The lowest BCUT2D eigenvalue weighted by molar-refractivity contribution is -0.141. The van der Waals surface area contributed by atoms with Gasteiger partial charge in [0, 0.05) is 10.5 Å². The number of rotatable bonds is 4. The first-order chi connectivity index (χ1) is 14.0. The number of benzene rings is 2. The van der Waals surface area contributed by atoms with Crippen molar-refractivity contribution in [3.05, 3.63) is 57.3 Å². The molecular weight excluding hydrogens is 460 g/mol. The topological polar surface area (TPSA) is 79.1 Å². The fraction of sp³-hybridized carbons (Fsp3) is 0.150. The summed E-state index contributed by atoms with van der Waals surface area (Å²) in [5, 5.41) is 0. The van der Waals surface area contributed by atoms with E-state index < -0.39 is 11.9 Å². The minimum atomic E-state index is -0.438. The number of amides is 1. The maximum Gasteiger partial charge on any atom is 0.325 e. The Kier molecular flexibility index (Phi) is 5.50. The fourth-order valence-corrected chi connectivity index (χ4v) is 4.38. The minimum absolute atomic E-state index is 0.0316. The number of halogens is 1. The second-order valence-electron chi connectivity index (χ2n) is 6.06. The largest absolute Gasteiger partial charge is 0.468 e. The van der Waals surface area contributed by atoms with Crippen molar-refractivity contribution in [1.82, 2.24) is 4.57 Å². The standard InChI is InChI=1S/C20H15BrN2O5S/c1-26-19(25)10-23-14-5-4-13(21)9-17(14)29-20(23)22-18(24)7-3-12-2-6-15-16(8-12)28-11-27-15/h2-9H,10-11H2,1H3. The molecule has 1 aromatic heterocycles. The van der Waals surface area contributed by atoms with Crippen LogP contribution in [-0.4, -0.2) is 30.3 Å². The molecule has 1 aliphatic rings. The number of carbonyl (C=O) groups is 2. The summed E-state index contributed by atoms with van der Waals surface area (Å²) < 4.78 is 18.8. The molecule has 0 aliphatic carbocycles. The zero-order valence-electron chi connectivity index (χ0n) is 15.3. The van der Waals surface area contributed by atoms with Crippen LogP contribution in [0.4, 0.5) is 0 Å². The predicted octanol–water partition coefficient (Wildman–Crippen LogP) is 3.51. The van der Waals surface area contributed by atoms with Crippen molar-refractivity contribution in [2.45, 2.75) is 6.54 Å². The van der Waals surface area contributed by atoms with Gasteiger partial charge in [-0.2, -0.15) is 4.99 Å². The van der Waals surface area contributed by atoms with Gasteiger partial charge in [-0.15, -0.1) is 0 Å². The molecule has 0 saturated carbocycles. The third-order valence-electron chi connectivity index (χ3n) is 4.18. The van der Waals surface area contributed by atoms with Crippen LogP contribution in [0.3, 0.4) is 0 Å². The minimum Gasteiger partial charge on any atom is -0.468 e. The number of nitrogens with zero attached hydrogens (tertiary/aromatic N) is 2. The van der Waals surface area contributed by atoms with Crippen LogP contribution in [0, 0.1) is 0 Å². The summed E-state index contributed by atoms with van der Waals surface area (Å²) in [6, 6.07) is 11.1. The number of aromatic nitrogens is 1. The molecule has 0 spiro atoms. The van der Waals surface area contributed by atoms with E-state index in [2.05, 4.69) is 20.9 Å². The Balaban J connectivity index is 1.66. The number of hydrogen-bond acceptors (Lipinski definition) is 6. The highest BCUT2D eigenvalue weighted by atomic mass is 79.9. The molecule has 0 atom stereocenters. The van der Waals surface area contributed by atoms with E-state index in [1.54, 1.807) is 22.8 Å².